The van der Waals surface area contributed by atoms with Crippen molar-refractivity contribution in [2.45, 2.75) is 37.3 Å². The molecule has 0 spiro atoms. The third-order valence-corrected chi connectivity index (χ3v) is 5.58. The second-order valence-corrected chi connectivity index (χ2v) is 6.67. The molecular formula is C17H18N2O4. The van der Waals surface area contributed by atoms with Crippen molar-refractivity contribution in [2.24, 2.45) is 0 Å². The molecule has 0 aliphatic carbocycles. The van der Waals surface area contributed by atoms with Crippen LogP contribution in [-0.2, 0) is 9.59 Å². The lowest BCUT2D eigenvalue weighted by molar-refractivity contribution is -0.157. The van der Waals surface area contributed by atoms with Gasteiger partial charge in [0.2, 0.25) is 18.6 Å². The smallest absolute Gasteiger partial charge is 0.246 e. The molecule has 6 heteroatoms. The largest absolute Gasteiger partial charge is 0.454 e. The summed E-state index contributed by atoms with van der Waals surface area (Å²) in [4.78, 5) is 29.2. The molecule has 4 aliphatic heterocycles. The van der Waals surface area contributed by atoms with E-state index in [1.54, 1.807) is 4.90 Å². The Kier molecular flexibility index (Phi) is 2.66. The SMILES string of the molecule is O=C1[C@H]2[C@@H](c3ccc4c(c3)OCO4)CCN2C(=O)[C@@H]2CCCN12. The summed E-state index contributed by atoms with van der Waals surface area (Å²) in [6.07, 6.45) is 2.56. The molecule has 120 valence electrons. The van der Waals surface area contributed by atoms with Gasteiger partial charge >= 0.3 is 0 Å². The van der Waals surface area contributed by atoms with Gasteiger partial charge < -0.3 is 19.3 Å². The lowest BCUT2D eigenvalue weighted by atomic mass is 9.89. The van der Waals surface area contributed by atoms with Crippen LogP contribution in [-0.4, -0.2) is 53.6 Å². The predicted molar refractivity (Wildman–Crippen MR) is 80.2 cm³/mol. The van der Waals surface area contributed by atoms with Crippen molar-refractivity contribution in [1.82, 2.24) is 9.80 Å². The zero-order chi connectivity index (χ0) is 15.6. The maximum atomic E-state index is 12.9. The maximum absolute atomic E-state index is 12.9. The Bertz CT molecular complexity index is 704. The summed E-state index contributed by atoms with van der Waals surface area (Å²) in [5.74, 6) is 1.77. The van der Waals surface area contributed by atoms with E-state index in [1.807, 2.05) is 23.1 Å². The first-order chi connectivity index (χ1) is 11.2. The third-order valence-electron chi connectivity index (χ3n) is 5.58. The first kappa shape index (κ1) is 13.2. The minimum absolute atomic E-state index is 0.0440. The predicted octanol–water partition coefficient (Wildman–Crippen LogP) is 1.10. The second kappa shape index (κ2) is 4.63. The van der Waals surface area contributed by atoms with Crippen LogP contribution in [0.15, 0.2) is 18.2 Å². The number of hydrogen-bond acceptors (Lipinski definition) is 4. The van der Waals surface area contributed by atoms with Crippen LogP contribution in [0.25, 0.3) is 0 Å². The normalized spacial score (nSPS) is 31.6. The topological polar surface area (TPSA) is 59.1 Å². The summed E-state index contributed by atoms with van der Waals surface area (Å²) in [7, 11) is 0. The number of benzene rings is 1. The molecule has 5 rings (SSSR count). The van der Waals surface area contributed by atoms with E-state index in [1.165, 1.54) is 0 Å². The molecule has 2 amide bonds. The average Bonchev–Trinajstić information content (AvgIpc) is 3.29. The number of nitrogens with zero attached hydrogens (tertiary/aromatic N) is 2. The van der Waals surface area contributed by atoms with Crippen LogP contribution in [0, 0.1) is 0 Å². The van der Waals surface area contributed by atoms with Crippen LogP contribution in [0.1, 0.15) is 30.7 Å². The Morgan fingerprint density at radius 3 is 2.74 bits per heavy atom. The van der Waals surface area contributed by atoms with Crippen LogP contribution in [0.2, 0.25) is 0 Å². The van der Waals surface area contributed by atoms with E-state index in [-0.39, 0.29) is 36.6 Å². The van der Waals surface area contributed by atoms with Crippen molar-refractivity contribution in [3.63, 3.8) is 0 Å². The third kappa shape index (κ3) is 1.75. The Morgan fingerprint density at radius 1 is 0.957 bits per heavy atom. The Morgan fingerprint density at radius 2 is 1.83 bits per heavy atom. The Balaban J connectivity index is 1.51. The lowest BCUT2D eigenvalue weighted by Gasteiger charge is -2.40. The second-order valence-electron chi connectivity index (χ2n) is 6.67. The van der Waals surface area contributed by atoms with Gasteiger partial charge in [-0.3, -0.25) is 9.59 Å². The van der Waals surface area contributed by atoms with Gasteiger partial charge in [0.15, 0.2) is 11.5 Å². The van der Waals surface area contributed by atoms with Crippen molar-refractivity contribution < 1.29 is 19.1 Å². The van der Waals surface area contributed by atoms with E-state index in [0.29, 0.717) is 13.1 Å². The van der Waals surface area contributed by atoms with Crippen LogP contribution in [0.3, 0.4) is 0 Å². The number of ether oxygens (including phenoxy) is 2. The fraction of sp³-hybridized carbons (Fsp3) is 0.529. The Labute approximate surface area is 133 Å². The summed E-state index contributed by atoms with van der Waals surface area (Å²) in [5.41, 5.74) is 1.06. The minimum Gasteiger partial charge on any atom is -0.454 e. The molecule has 23 heavy (non-hydrogen) atoms. The van der Waals surface area contributed by atoms with Crippen molar-refractivity contribution in [1.29, 1.82) is 0 Å². The first-order valence-corrected chi connectivity index (χ1v) is 8.24. The highest BCUT2D eigenvalue weighted by Gasteiger charge is 2.53. The van der Waals surface area contributed by atoms with Gasteiger partial charge in [0.25, 0.3) is 0 Å². The van der Waals surface area contributed by atoms with E-state index >= 15 is 0 Å². The highest BCUT2D eigenvalue weighted by atomic mass is 16.7. The quantitative estimate of drug-likeness (QED) is 0.779. The molecule has 1 aromatic rings. The molecule has 3 atom stereocenters. The van der Waals surface area contributed by atoms with Gasteiger partial charge in [0.1, 0.15) is 12.1 Å². The van der Waals surface area contributed by atoms with E-state index in [2.05, 4.69) is 0 Å². The van der Waals surface area contributed by atoms with Crippen molar-refractivity contribution in [3.05, 3.63) is 23.8 Å². The fourth-order valence-corrected chi connectivity index (χ4v) is 4.49. The van der Waals surface area contributed by atoms with E-state index in [9.17, 15) is 9.59 Å². The first-order valence-electron chi connectivity index (χ1n) is 8.24. The van der Waals surface area contributed by atoms with E-state index in [0.717, 1.165) is 36.3 Å². The molecule has 0 saturated carbocycles. The fourth-order valence-electron chi connectivity index (χ4n) is 4.49. The molecule has 4 heterocycles. The number of piperazine rings is 1. The number of carbonyl (C=O) groups excluding carboxylic acids is 2. The van der Waals surface area contributed by atoms with Gasteiger partial charge in [-0.15, -0.1) is 0 Å². The van der Waals surface area contributed by atoms with Crippen LogP contribution >= 0.6 is 0 Å². The lowest BCUT2D eigenvalue weighted by Crippen LogP contribution is -2.61. The van der Waals surface area contributed by atoms with Crippen LogP contribution in [0.4, 0.5) is 0 Å². The standard InChI is InChI=1S/C17H18N2O4/c20-16-12-2-1-6-18(12)17(21)15-11(5-7-19(15)16)10-3-4-13-14(8-10)23-9-22-13/h3-4,8,11-12,15H,1-2,5-7,9H2/t11-,12+,15-/m1/s1. The zero-order valence-corrected chi connectivity index (χ0v) is 12.7. The van der Waals surface area contributed by atoms with Gasteiger partial charge in [-0.05, 0) is 37.0 Å². The van der Waals surface area contributed by atoms with Crippen LogP contribution in [0.5, 0.6) is 11.5 Å². The molecule has 0 aromatic heterocycles. The van der Waals surface area contributed by atoms with Crippen molar-refractivity contribution in [2.75, 3.05) is 19.9 Å². The van der Waals surface area contributed by atoms with Gasteiger partial charge in [0.05, 0.1) is 0 Å². The number of carbonyl (C=O) groups is 2. The summed E-state index contributed by atoms with van der Waals surface area (Å²) in [6, 6.07) is 5.29. The highest BCUT2D eigenvalue weighted by Crippen LogP contribution is 2.43. The monoisotopic (exact) mass is 314 g/mol. The van der Waals surface area contributed by atoms with Gasteiger partial charge in [-0.1, -0.05) is 6.07 Å². The number of rotatable bonds is 1. The van der Waals surface area contributed by atoms with E-state index < -0.39 is 0 Å². The van der Waals surface area contributed by atoms with E-state index in [4.69, 9.17) is 9.47 Å². The number of hydrogen-bond donors (Lipinski definition) is 0. The van der Waals surface area contributed by atoms with Crippen LogP contribution < -0.4 is 9.47 Å². The minimum atomic E-state index is -0.350. The highest BCUT2D eigenvalue weighted by molar-refractivity contribution is 5.98. The van der Waals surface area contributed by atoms with Gasteiger partial charge in [-0.2, -0.15) is 0 Å². The molecule has 3 fully saturated rings. The molecule has 4 aliphatic rings. The maximum Gasteiger partial charge on any atom is 0.246 e. The molecule has 1 aromatic carbocycles. The average molecular weight is 314 g/mol. The molecular weight excluding hydrogens is 296 g/mol. The summed E-state index contributed by atoms with van der Waals surface area (Å²) < 4.78 is 10.8. The Hall–Kier alpha value is -2.24. The summed E-state index contributed by atoms with van der Waals surface area (Å²) in [6.45, 7) is 1.62. The number of fused-ring (bicyclic) bond motifs is 3. The van der Waals surface area contributed by atoms with Gasteiger partial charge in [0, 0.05) is 19.0 Å². The summed E-state index contributed by atoms with van der Waals surface area (Å²) >= 11 is 0. The molecule has 6 nitrogen and oxygen atoms in total. The van der Waals surface area contributed by atoms with Crippen molar-refractivity contribution in [3.8, 4) is 11.5 Å². The van der Waals surface area contributed by atoms with Crippen molar-refractivity contribution >= 4 is 11.8 Å². The molecule has 0 N–H and O–H groups in total. The number of amides is 2. The van der Waals surface area contributed by atoms with Gasteiger partial charge in [-0.25, -0.2) is 0 Å². The molecule has 0 unspecified atom stereocenters. The molecule has 0 radical (unpaired) electrons. The molecule has 3 saturated heterocycles. The summed E-state index contributed by atoms with van der Waals surface area (Å²) in [5, 5.41) is 0. The molecule has 0 bridgehead atoms. The zero-order valence-electron chi connectivity index (χ0n) is 12.7.